The quantitative estimate of drug-likeness (QED) is 0.735. The summed E-state index contributed by atoms with van der Waals surface area (Å²) in [6.07, 6.45) is 3.16. The van der Waals surface area contributed by atoms with E-state index in [1.165, 1.54) is 6.39 Å². The van der Waals surface area contributed by atoms with E-state index in [4.69, 9.17) is 5.73 Å². The van der Waals surface area contributed by atoms with Crippen LogP contribution in [0.2, 0.25) is 0 Å². The third-order valence-corrected chi connectivity index (χ3v) is 4.30. The molecule has 0 fully saturated rings. The maximum Gasteiger partial charge on any atom is 0.242 e. The molecule has 8 nitrogen and oxygen atoms in total. The Balaban J connectivity index is 2.04. The van der Waals surface area contributed by atoms with Crippen LogP contribution in [0.15, 0.2) is 28.1 Å². The number of aromatic nitrogens is 3. The van der Waals surface area contributed by atoms with Crippen LogP contribution in [0.25, 0.3) is 0 Å². The van der Waals surface area contributed by atoms with Crippen molar-refractivity contribution in [1.29, 1.82) is 0 Å². The molecule has 0 radical (unpaired) electrons. The van der Waals surface area contributed by atoms with Crippen molar-refractivity contribution in [1.82, 2.24) is 19.4 Å². The van der Waals surface area contributed by atoms with Crippen LogP contribution in [0.3, 0.4) is 0 Å². The van der Waals surface area contributed by atoms with E-state index in [9.17, 15) is 8.42 Å². The molecule has 2 aromatic rings. The third kappa shape index (κ3) is 3.24. The van der Waals surface area contributed by atoms with E-state index in [0.29, 0.717) is 25.3 Å². The summed E-state index contributed by atoms with van der Waals surface area (Å²) >= 11 is 0. The summed E-state index contributed by atoms with van der Waals surface area (Å²) in [5, 5.41) is 3.61. The summed E-state index contributed by atoms with van der Waals surface area (Å²) in [6.45, 7) is 3.10. The first-order valence-electron chi connectivity index (χ1n) is 6.21. The molecule has 2 aromatic heterocycles. The molecule has 20 heavy (non-hydrogen) atoms. The highest BCUT2D eigenvalue weighted by atomic mass is 32.2. The van der Waals surface area contributed by atoms with Crippen LogP contribution in [0.4, 0.5) is 0 Å². The van der Waals surface area contributed by atoms with Crippen LogP contribution in [0.1, 0.15) is 18.4 Å². The Kier molecular flexibility index (Phi) is 4.53. The molecule has 0 aromatic carbocycles. The maximum absolute atomic E-state index is 12.1. The molecule has 0 saturated carbocycles. The zero-order chi connectivity index (χ0) is 14.6. The highest BCUT2D eigenvalue weighted by Crippen LogP contribution is 2.14. The standard InChI is InChI=1S/C11H17N5O3S/c1-2-16-7-10(5-9(16)6-12)20(17,18)14-4-3-11-13-8-19-15-11/h5,7-8,14H,2-4,6,12H2,1H3. The number of rotatable bonds is 7. The molecule has 0 saturated heterocycles. The number of nitrogens with two attached hydrogens (primary N) is 1. The minimum atomic E-state index is -3.55. The lowest BCUT2D eigenvalue weighted by molar-refractivity contribution is 0.410. The number of sulfonamides is 1. The average molecular weight is 299 g/mol. The normalized spacial score (nSPS) is 11.9. The van der Waals surface area contributed by atoms with Crippen molar-refractivity contribution in [2.75, 3.05) is 6.54 Å². The maximum atomic E-state index is 12.1. The number of nitrogens with one attached hydrogen (secondary N) is 1. The van der Waals surface area contributed by atoms with E-state index in [1.807, 2.05) is 11.5 Å². The van der Waals surface area contributed by atoms with Gasteiger partial charge in [-0.3, -0.25) is 0 Å². The smallest absolute Gasteiger partial charge is 0.242 e. The van der Waals surface area contributed by atoms with Crippen molar-refractivity contribution in [2.45, 2.75) is 31.3 Å². The molecule has 110 valence electrons. The lowest BCUT2D eigenvalue weighted by Crippen LogP contribution is -2.26. The first kappa shape index (κ1) is 14.7. The molecule has 0 aliphatic heterocycles. The van der Waals surface area contributed by atoms with Gasteiger partial charge in [0, 0.05) is 37.9 Å². The molecule has 0 spiro atoms. The lowest BCUT2D eigenvalue weighted by Gasteiger charge is -2.03. The molecule has 3 N–H and O–H groups in total. The van der Waals surface area contributed by atoms with Gasteiger partial charge >= 0.3 is 0 Å². The Morgan fingerprint density at radius 3 is 2.85 bits per heavy atom. The van der Waals surface area contributed by atoms with E-state index in [1.54, 1.807) is 12.3 Å². The number of aryl methyl sites for hydroxylation is 1. The molecule has 0 aliphatic rings. The summed E-state index contributed by atoms with van der Waals surface area (Å²) in [6, 6.07) is 1.58. The van der Waals surface area contributed by atoms with Crippen LogP contribution in [0, 0.1) is 0 Å². The van der Waals surface area contributed by atoms with Crippen LogP contribution in [-0.2, 0) is 29.5 Å². The molecule has 0 amide bonds. The van der Waals surface area contributed by atoms with Crippen LogP contribution < -0.4 is 10.5 Å². The molecule has 0 atom stereocenters. The van der Waals surface area contributed by atoms with Gasteiger partial charge in [0.1, 0.15) is 0 Å². The van der Waals surface area contributed by atoms with Gasteiger partial charge in [-0.15, -0.1) is 0 Å². The van der Waals surface area contributed by atoms with E-state index in [0.717, 1.165) is 5.69 Å². The highest BCUT2D eigenvalue weighted by Gasteiger charge is 2.17. The van der Waals surface area contributed by atoms with Crippen LogP contribution in [-0.4, -0.2) is 29.7 Å². The Labute approximate surface area is 117 Å². The first-order chi connectivity index (χ1) is 9.56. The second-order valence-corrected chi connectivity index (χ2v) is 5.92. The minimum Gasteiger partial charge on any atom is -0.349 e. The van der Waals surface area contributed by atoms with Crippen molar-refractivity contribution in [2.24, 2.45) is 5.73 Å². The van der Waals surface area contributed by atoms with Gasteiger partial charge in [0.05, 0.1) is 4.90 Å². The van der Waals surface area contributed by atoms with Crippen molar-refractivity contribution < 1.29 is 12.9 Å². The predicted molar refractivity (Wildman–Crippen MR) is 71.2 cm³/mol. The van der Waals surface area contributed by atoms with Gasteiger partial charge < -0.3 is 14.8 Å². The summed E-state index contributed by atoms with van der Waals surface area (Å²) in [5.41, 5.74) is 6.37. The fraction of sp³-hybridized carbons (Fsp3) is 0.455. The van der Waals surface area contributed by atoms with Gasteiger partial charge in [-0.05, 0) is 13.0 Å². The lowest BCUT2D eigenvalue weighted by atomic mass is 10.4. The molecule has 0 aliphatic carbocycles. The number of hydrogen-bond acceptors (Lipinski definition) is 6. The number of hydrogen-bond donors (Lipinski definition) is 2. The van der Waals surface area contributed by atoms with Crippen LogP contribution in [0.5, 0.6) is 0 Å². The van der Waals surface area contributed by atoms with Gasteiger partial charge in [0.25, 0.3) is 0 Å². The minimum absolute atomic E-state index is 0.205. The monoisotopic (exact) mass is 299 g/mol. The second-order valence-electron chi connectivity index (χ2n) is 4.15. The summed E-state index contributed by atoms with van der Waals surface area (Å²) in [4.78, 5) is 4.04. The number of nitrogens with zero attached hydrogens (tertiary/aromatic N) is 3. The molecular weight excluding hydrogens is 282 g/mol. The zero-order valence-corrected chi connectivity index (χ0v) is 11.9. The Morgan fingerprint density at radius 2 is 2.30 bits per heavy atom. The van der Waals surface area contributed by atoms with Crippen molar-refractivity contribution in [3.05, 3.63) is 30.2 Å². The summed E-state index contributed by atoms with van der Waals surface area (Å²) < 4.78 is 33.1. The van der Waals surface area contributed by atoms with Crippen molar-refractivity contribution >= 4 is 10.0 Å². The van der Waals surface area contributed by atoms with Gasteiger partial charge in [-0.25, -0.2) is 13.1 Å². The highest BCUT2D eigenvalue weighted by molar-refractivity contribution is 7.89. The van der Waals surface area contributed by atoms with Crippen LogP contribution >= 0.6 is 0 Å². The zero-order valence-electron chi connectivity index (χ0n) is 11.1. The SMILES string of the molecule is CCn1cc(S(=O)(=O)NCCc2ncon2)cc1CN. The average Bonchev–Trinajstić information content (AvgIpc) is 3.07. The Morgan fingerprint density at radius 1 is 1.50 bits per heavy atom. The van der Waals surface area contributed by atoms with Crippen molar-refractivity contribution in [3.8, 4) is 0 Å². The van der Waals surface area contributed by atoms with E-state index >= 15 is 0 Å². The van der Waals surface area contributed by atoms with Gasteiger partial charge in [0.15, 0.2) is 5.82 Å². The molecular formula is C11H17N5O3S. The summed E-state index contributed by atoms with van der Waals surface area (Å²) in [5.74, 6) is 0.460. The van der Waals surface area contributed by atoms with E-state index in [2.05, 4.69) is 19.4 Å². The first-order valence-corrected chi connectivity index (χ1v) is 7.69. The predicted octanol–water partition coefficient (Wildman–Crippen LogP) is -0.129. The van der Waals surface area contributed by atoms with Crippen molar-refractivity contribution in [3.63, 3.8) is 0 Å². The molecule has 2 rings (SSSR count). The fourth-order valence-corrected chi connectivity index (χ4v) is 2.92. The van der Waals surface area contributed by atoms with E-state index < -0.39 is 10.0 Å². The molecule has 2 heterocycles. The fourth-order valence-electron chi connectivity index (χ4n) is 1.82. The third-order valence-electron chi connectivity index (χ3n) is 2.87. The molecule has 9 heteroatoms. The topological polar surface area (TPSA) is 116 Å². The Bertz CT molecular complexity index is 626. The summed E-state index contributed by atoms with van der Waals surface area (Å²) in [7, 11) is -3.55. The second kappa shape index (κ2) is 6.16. The largest absolute Gasteiger partial charge is 0.349 e. The van der Waals surface area contributed by atoms with E-state index in [-0.39, 0.29) is 11.4 Å². The Hall–Kier alpha value is -1.71. The molecule has 0 bridgehead atoms. The van der Waals surface area contributed by atoms with Gasteiger partial charge in [-0.1, -0.05) is 5.16 Å². The molecule has 0 unspecified atom stereocenters. The van der Waals surface area contributed by atoms with Gasteiger partial charge in [-0.2, -0.15) is 4.98 Å². The van der Waals surface area contributed by atoms with Gasteiger partial charge in [0.2, 0.25) is 16.4 Å².